The number of rotatable bonds is 6. The van der Waals surface area contributed by atoms with E-state index in [2.05, 4.69) is 20.4 Å². The molecule has 0 saturated heterocycles. The molecule has 0 spiro atoms. The van der Waals surface area contributed by atoms with Gasteiger partial charge in [0.25, 0.3) is 5.56 Å². The predicted octanol–water partition coefficient (Wildman–Crippen LogP) is 3.08. The molecule has 0 aliphatic carbocycles. The fourth-order valence-corrected chi connectivity index (χ4v) is 3.34. The topological polar surface area (TPSA) is 102 Å². The van der Waals surface area contributed by atoms with Gasteiger partial charge < -0.3 is 10.1 Å². The van der Waals surface area contributed by atoms with Crippen molar-refractivity contribution in [3.05, 3.63) is 62.3 Å². The number of carbonyl (C=O) groups is 1. The maximum Gasteiger partial charge on any atom is 0.255 e. The number of nitrogens with one attached hydrogen (secondary N) is 2. The number of H-pyrrole nitrogens is 1. The van der Waals surface area contributed by atoms with Crippen molar-refractivity contribution in [1.29, 1.82) is 0 Å². The smallest absolute Gasteiger partial charge is 0.255 e. The minimum absolute atomic E-state index is 0.108. The summed E-state index contributed by atoms with van der Waals surface area (Å²) in [7, 11) is 1.58. The zero-order chi connectivity index (χ0) is 22.0. The van der Waals surface area contributed by atoms with Crippen molar-refractivity contribution in [2.45, 2.75) is 47.5 Å². The van der Waals surface area contributed by atoms with Crippen molar-refractivity contribution in [3.8, 4) is 11.7 Å². The van der Waals surface area contributed by atoms with Crippen molar-refractivity contribution < 1.29 is 9.53 Å². The molecule has 0 bridgehead atoms. The minimum atomic E-state index is -0.182. The Bertz CT molecular complexity index is 1160. The van der Waals surface area contributed by atoms with Crippen LogP contribution in [0.5, 0.6) is 5.75 Å². The highest BCUT2D eigenvalue weighted by atomic mass is 16.5. The van der Waals surface area contributed by atoms with E-state index in [-0.39, 0.29) is 11.5 Å². The van der Waals surface area contributed by atoms with E-state index in [1.54, 1.807) is 25.6 Å². The summed E-state index contributed by atoms with van der Waals surface area (Å²) in [5, 5.41) is 7.45. The molecule has 3 aromatic rings. The van der Waals surface area contributed by atoms with Crippen LogP contribution in [0.25, 0.3) is 5.95 Å². The van der Waals surface area contributed by atoms with Crippen molar-refractivity contribution >= 4 is 11.6 Å². The lowest BCUT2D eigenvalue weighted by molar-refractivity contribution is -0.116. The van der Waals surface area contributed by atoms with E-state index < -0.39 is 0 Å². The van der Waals surface area contributed by atoms with Gasteiger partial charge in [-0.25, -0.2) is 9.67 Å². The second-order valence-electron chi connectivity index (χ2n) is 7.41. The van der Waals surface area contributed by atoms with Crippen LogP contribution >= 0.6 is 0 Å². The standard InChI is InChI=1S/C22H27N5O3/c1-12-7-9-19(30-6)18(11-12)24-20(28)10-8-17-15(4)26-27(16(17)5)22-23-14(3)13(2)21(29)25-22/h7,9,11H,8,10H2,1-6H3,(H,24,28)(H,23,25,29). The Balaban J connectivity index is 1.78. The van der Waals surface area contributed by atoms with E-state index in [0.717, 1.165) is 22.5 Å². The molecule has 1 amide bonds. The fraction of sp³-hybridized carbons (Fsp3) is 0.364. The van der Waals surface area contributed by atoms with Crippen LogP contribution in [0.3, 0.4) is 0 Å². The summed E-state index contributed by atoms with van der Waals surface area (Å²) < 4.78 is 6.94. The number of benzene rings is 1. The number of methoxy groups -OCH3 is 1. The quantitative estimate of drug-likeness (QED) is 0.651. The lowest BCUT2D eigenvalue weighted by atomic mass is 10.1. The van der Waals surface area contributed by atoms with Gasteiger partial charge in [0.2, 0.25) is 11.9 Å². The number of carbonyl (C=O) groups excluding carboxylic acids is 1. The molecular weight excluding hydrogens is 382 g/mol. The molecule has 0 unspecified atom stereocenters. The van der Waals surface area contributed by atoms with Gasteiger partial charge in [-0.2, -0.15) is 5.10 Å². The third-order valence-electron chi connectivity index (χ3n) is 5.26. The maximum absolute atomic E-state index is 12.5. The Morgan fingerprint density at radius 3 is 2.57 bits per heavy atom. The third-order valence-corrected chi connectivity index (χ3v) is 5.26. The lowest BCUT2D eigenvalue weighted by Gasteiger charge is -2.11. The summed E-state index contributed by atoms with van der Waals surface area (Å²) in [6, 6.07) is 5.65. The second kappa shape index (κ2) is 8.52. The number of hydrogen-bond donors (Lipinski definition) is 2. The van der Waals surface area contributed by atoms with Gasteiger partial charge in [-0.1, -0.05) is 6.07 Å². The Morgan fingerprint density at radius 2 is 1.90 bits per heavy atom. The van der Waals surface area contributed by atoms with E-state index in [1.165, 1.54) is 0 Å². The van der Waals surface area contributed by atoms with Crippen LogP contribution in [0.15, 0.2) is 23.0 Å². The van der Waals surface area contributed by atoms with E-state index in [0.29, 0.717) is 41.5 Å². The van der Waals surface area contributed by atoms with E-state index in [1.807, 2.05) is 39.0 Å². The molecule has 2 heterocycles. The van der Waals surface area contributed by atoms with Crippen molar-refractivity contribution in [2.75, 3.05) is 12.4 Å². The molecule has 30 heavy (non-hydrogen) atoms. The molecule has 0 saturated carbocycles. The Kier molecular flexibility index (Phi) is 6.05. The van der Waals surface area contributed by atoms with Crippen LogP contribution in [0.2, 0.25) is 0 Å². The molecule has 0 aliphatic rings. The number of hydrogen-bond acceptors (Lipinski definition) is 5. The molecule has 8 nitrogen and oxygen atoms in total. The molecule has 0 aliphatic heterocycles. The zero-order valence-electron chi connectivity index (χ0n) is 18.2. The summed E-state index contributed by atoms with van der Waals surface area (Å²) in [6.07, 6.45) is 0.814. The molecule has 0 radical (unpaired) electrons. The SMILES string of the molecule is COc1ccc(C)cc1NC(=O)CCc1c(C)nn(-c2nc(C)c(C)c(=O)[nH]2)c1C. The van der Waals surface area contributed by atoms with Crippen LogP contribution in [0, 0.1) is 34.6 Å². The first-order valence-corrected chi connectivity index (χ1v) is 9.78. The Hall–Kier alpha value is -3.42. The average molecular weight is 409 g/mol. The van der Waals surface area contributed by atoms with Crippen LogP contribution < -0.4 is 15.6 Å². The van der Waals surface area contributed by atoms with Crippen LogP contribution in [0.1, 0.15) is 40.2 Å². The van der Waals surface area contributed by atoms with Gasteiger partial charge in [0.1, 0.15) is 5.75 Å². The van der Waals surface area contributed by atoms with Gasteiger partial charge in [-0.05, 0) is 64.3 Å². The summed E-state index contributed by atoms with van der Waals surface area (Å²) >= 11 is 0. The molecule has 3 rings (SSSR count). The Labute approximate surface area is 175 Å². The molecule has 0 atom stereocenters. The fourth-order valence-electron chi connectivity index (χ4n) is 3.34. The van der Waals surface area contributed by atoms with Gasteiger partial charge in [-0.15, -0.1) is 0 Å². The predicted molar refractivity (Wildman–Crippen MR) is 116 cm³/mol. The van der Waals surface area contributed by atoms with Gasteiger partial charge >= 0.3 is 0 Å². The second-order valence-corrected chi connectivity index (χ2v) is 7.41. The Morgan fingerprint density at radius 1 is 1.17 bits per heavy atom. The number of aryl methyl sites for hydroxylation is 3. The first kappa shape index (κ1) is 21.3. The molecule has 1 aromatic carbocycles. The molecule has 158 valence electrons. The first-order chi connectivity index (χ1) is 14.2. The van der Waals surface area contributed by atoms with E-state index in [9.17, 15) is 9.59 Å². The van der Waals surface area contributed by atoms with Crippen LogP contribution in [-0.4, -0.2) is 32.8 Å². The van der Waals surface area contributed by atoms with Gasteiger partial charge in [0.15, 0.2) is 0 Å². The highest BCUT2D eigenvalue weighted by Crippen LogP contribution is 2.25. The lowest BCUT2D eigenvalue weighted by Crippen LogP contribution is -2.18. The largest absolute Gasteiger partial charge is 0.495 e. The maximum atomic E-state index is 12.5. The molecule has 2 aromatic heterocycles. The number of anilines is 1. The highest BCUT2D eigenvalue weighted by molar-refractivity contribution is 5.92. The van der Waals surface area contributed by atoms with Crippen molar-refractivity contribution in [2.24, 2.45) is 0 Å². The van der Waals surface area contributed by atoms with Gasteiger partial charge in [0, 0.05) is 23.4 Å². The summed E-state index contributed by atoms with van der Waals surface area (Å²) in [5.41, 5.74) is 5.37. The first-order valence-electron chi connectivity index (χ1n) is 9.78. The molecular formula is C22H27N5O3. The number of nitrogens with zero attached hydrogens (tertiary/aromatic N) is 3. The minimum Gasteiger partial charge on any atom is -0.495 e. The van der Waals surface area contributed by atoms with Gasteiger partial charge in [-0.3, -0.25) is 14.6 Å². The van der Waals surface area contributed by atoms with E-state index in [4.69, 9.17) is 4.74 Å². The van der Waals surface area contributed by atoms with Gasteiger partial charge in [0.05, 0.1) is 18.5 Å². The monoisotopic (exact) mass is 409 g/mol. The van der Waals surface area contributed by atoms with Crippen LogP contribution in [0.4, 0.5) is 5.69 Å². The van der Waals surface area contributed by atoms with Crippen molar-refractivity contribution in [1.82, 2.24) is 19.7 Å². The number of ether oxygens (including phenoxy) is 1. The number of amides is 1. The number of aromatic nitrogens is 4. The third kappa shape index (κ3) is 4.27. The molecule has 0 fully saturated rings. The normalized spacial score (nSPS) is 10.9. The summed E-state index contributed by atoms with van der Waals surface area (Å²) in [5.74, 6) is 0.894. The van der Waals surface area contributed by atoms with Crippen LogP contribution in [-0.2, 0) is 11.2 Å². The highest BCUT2D eigenvalue weighted by Gasteiger charge is 2.17. The molecule has 8 heteroatoms. The number of aromatic amines is 1. The molecule has 2 N–H and O–H groups in total. The summed E-state index contributed by atoms with van der Waals surface area (Å²) in [4.78, 5) is 31.9. The van der Waals surface area contributed by atoms with Crippen molar-refractivity contribution in [3.63, 3.8) is 0 Å². The van der Waals surface area contributed by atoms with E-state index >= 15 is 0 Å². The zero-order valence-corrected chi connectivity index (χ0v) is 18.2. The average Bonchev–Trinajstić information content (AvgIpc) is 2.98. The summed E-state index contributed by atoms with van der Waals surface area (Å²) in [6.45, 7) is 9.29.